The van der Waals surface area contributed by atoms with Crippen LogP contribution in [-0.2, 0) is 4.74 Å². The van der Waals surface area contributed by atoms with Crippen molar-refractivity contribution in [3.63, 3.8) is 0 Å². The van der Waals surface area contributed by atoms with Crippen LogP contribution >= 0.6 is 15.9 Å². The predicted octanol–water partition coefficient (Wildman–Crippen LogP) is 1.84. The molecule has 0 bridgehead atoms. The fourth-order valence-electron chi connectivity index (χ4n) is 1.84. The molecule has 0 amide bonds. The first-order valence-corrected chi connectivity index (χ1v) is 6.58. The minimum Gasteiger partial charge on any atom is -0.454 e. The molecule has 2 aliphatic heterocycles. The van der Waals surface area contributed by atoms with Gasteiger partial charge in [0.25, 0.3) is 0 Å². The van der Waals surface area contributed by atoms with Gasteiger partial charge in [-0.1, -0.05) is 0 Å². The highest BCUT2D eigenvalue weighted by atomic mass is 79.9. The van der Waals surface area contributed by atoms with Gasteiger partial charge in [-0.05, 0) is 28.1 Å². The highest BCUT2D eigenvalue weighted by molar-refractivity contribution is 9.10. The summed E-state index contributed by atoms with van der Waals surface area (Å²) in [6.07, 6.45) is 1.83. The normalized spacial score (nSPS) is 18.6. The summed E-state index contributed by atoms with van der Waals surface area (Å²) in [5.41, 5.74) is 0.978. The number of morpholine rings is 1. The molecule has 0 saturated carbocycles. The van der Waals surface area contributed by atoms with E-state index in [4.69, 9.17) is 14.2 Å². The number of rotatable bonds is 2. The second-order valence-corrected chi connectivity index (χ2v) is 4.89. The molecule has 1 fully saturated rings. The third-order valence-corrected chi connectivity index (χ3v) is 3.53. The molecule has 1 aromatic rings. The standard InChI is InChI=1S/C12H13BrN2O3/c13-10-6-12-11(17-8-18-12)5-9(10)7-14-15-1-3-16-4-2-15/h5-7H,1-4,8H2/b14-7+. The Morgan fingerprint density at radius 1 is 1.17 bits per heavy atom. The lowest BCUT2D eigenvalue weighted by Gasteiger charge is -2.23. The molecule has 0 aromatic heterocycles. The van der Waals surface area contributed by atoms with E-state index in [0.717, 1.165) is 47.8 Å². The number of hydrogen-bond donors (Lipinski definition) is 0. The van der Waals surface area contributed by atoms with Gasteiger partial charge >= 0.3 is 0 Å². The van der Waals surface area contributed by atoms with E-state index < -0.39 is 0 Å². The molecule has 1 saturated heterocycles. The zero-order valence-corrected chi connectivity index (χ0v) is 11.4. The average molecular weight is 313 g/mol. The molecule has 18 heavy (non-hydrogen) atoms. The quantitative estimate of drug-likeness (QED) is 0.782. The topological polar surface area (TPSA) is 43.3 Å². The number of hydrazone groups is 1. The van der Waals surface area contributed by atoms with Crippen molar-refractivity contribution >= 4 is 22.1 Å². The summed E-state index contributed by atoms with van der Waals surface area (Å²) in [6, 6.07) is 3.83. The van der Waals surface area contributed by atoms with Crippen LogP contribution in [-0.4, -0.2) is 44.3 Å². The average Bonchev–Trinajstić information content (AvgIpc) is 2.84. The largest absolute Gasteiger partial charge is 0.454 e. The van der Waals surface area contributed by atoms with Crippen molar-refractivity contribution in [3.8, 4) is 11.5 Å². The second kappa shape index (κ2) is 5.16. The Bertz CT molecular complexity index is 473. The van der Waals surface area contributed by atoms with Crippen LogP contribution in [0.1, 0.15) is 5.56 Å². The highest BCUT2D eigenvalue weighted by Crippen LogP contribution is 2.36. The number of fused-ring (bicyclic) bond motifs is 1. The third-order valence-electron chi connectivity index (χ3n) is 2.84. The molecule has 0 radical (unpaired) electrons. The first kappa shape index (κ1) is 11.8. The molecule has 0 unspecified atom stereocenters. The second-order valence-electron chi connectivity index (χ2n) is 4.04. The number of ether oxygens (including phenoxy) is 3. The van der Waals surface area contributed by atoms with Crippen molar-refractivity contribution in [2.24, 2.45) is 5.10 Å². The predicted molar refractivity (Wildman–Crippen MR) is 70.3 cm³/mol. The highest BCUT2D eigenvalue weighted by Gasteiger charge is 2.15. The van der Waals surface area contributed by atoms with Gasteiger partial charge in [-0.25, -0.2) is 0 Å². The van der Waals surface area contributed by atoms with Gasteiger partial charge in [-0.2, -0.15) is 5.10 Å². The molecule has 3 rings (SSSR count). The maximum Gasteiger partial charge on any atom is 0.231 e. The Morgan fingerprint density at radius 3 is 2.67 bits per heavy atom. The van der Waals surface area contributed by atoms with Gasteiger partial charge in [0.15, 0.2) is 11.5 Å². The van der Waals surface area contributed by atoms with Gasteiger partial charge in [0, 0.05) is 10.0 Å². The van der Waals surface area contributed by atoms with Gasteiger partial charge in [-0.3, -0.25) is 5.01 Å². The summed E-state index contributed by atoms with van der Waals surface area (Å²) in [7, 11) is 0. The van der Waals surface area contributed by atoms with E-state index in [1.165, 1.54) is 0 Å². The van der Waals surface area contributed by atoms with Crippen molar-refractivity contribution in [3.05, 3.63) is 22.2 Å². The lowest BCUT2D eigenvalue weighted by atomic mass is 10.2. The zero-order valence-electron chi connectivity index (χ0n) is 9.76. The molecule has 1 aromatic carbocycles. The number of halogens is 1. The van der Waals surface area contributed by atoms with Gasteiger partial charge < -0.3 is 14.2 Å². The van der Waals surface area contributed by atoms with E-state index in [9.17, 15) is 0 Å². The summed E-state index contributed by atoms with van der Waals surface area (Å²) in [6.45, 7) is 3.42. The molecular formula is C12H13BrN2O3. The van der Waals surface area contributed by atoms with Gasteiger partial charge in [-0.15, -0.1) is 0 Å². The maximum absolute atomic E-state index is 5.35. The Labute approximate surface area is 113 Å². The molecule has 2 heterocycles. The van der Waals surface area contributed by atoms with E-state index in [-0.39, 0.29) is 6.79 Å². The summed E-state index contributed by atoms with van der Waals surface area (Å²) in [5.74, 6) is 1.53. The Hall–Kier alpha value is -1.27. The smallest absolute Gasteiger partial charge is 0.231 e. The number of benzene rings is 1. The Balaban J connectivity index is 1.77. The van der Waals surface area contributed by atoms with E-state index in [2.05, 4.69) is 21.0 Å². The molecule has 0 aliphatic carbocycles. The molecule has 5 nitrogen and oxygen atoms in total. The molecule has 2 aliphatic rings. The zero-order chi connectivity index (χ0) is 12.4. The van der Waals surface area contributed by atoms with Crippen molar-refractivity contribution in [2.45, 2.75) is 0 Å². The van der Waals surface area contributed by atoms with E-state index in [0.29, 0.717) is 0 Å². The van der Waals surface area contributed by atoms with Crippen molar-refractivity contribution < 1.29 is 14.2 Å². The van der Waals surface area contributed by atoms with Crippen LogP contribution in [0.15, 0.2) is 21.7 Å². The molecule has 0 spiro atoms. The van der Waals surface area contributed by atoms with Crippen LogP contribution in [0.25, 0.3) is 0 Å². The lowest BCUT2D eigenvalue weighted by Crippen LogP contribution is -2.32. The van der Waals surface area contributed by atoms with E-state index in [1.807, 2.05) is 23.4 Å². The van der Waals surface area contributed by atoms with Crippen molar-refractivity contribution in [2.75, 3.05) is 33.1 Å². The first-order chi connectivity index (χ1) is 8.83. The number of nitrogens with zero attached hydrogens (tertiary/aromatic N) is 2. The van der Waals surface area contributed by atoms with Gasteiger partial charge in [0.2, 0.25) is 6.79 Å². The van der Waals surface area contributed by atoms with Crippen molar-refractivity contribution in [1.82, 2.24) is 5.01 Å². The van der Waals surface area contributed by atoms with Crippen LogP contribution in [0.2, 0.25) is 0 Å². The van der Waals surface area contributed by atoms with Crippen molar-refractivity contribution in [1.29, 1.82) is 0 Å². The minimum absolute atomic E-state index is 0.284. The Kier molecular flexibility index (Phi) is 3.38. The lowest BCUT2D eigenvalue weighted by molar-refractivity contribution is 0.0397. The Morgan fingerprint density at radius 2 is 1.89 bits per heavy atom. The van der Waals surface area contributed by atoms with Crippen LogP contribution in [0, 0.1) is 0 Å². The fraction of sp³-hybridized carbons (Fsp3) is 0.417. The van der Waals surface area contributed by atoms with Crippen LogP contribution < -0.4 is 9.47 Å². The molecule has 0 atom stereocenters. The molecule has 0 N–H and O–H groups in total. The fourth-order valence-corrected chi connectivity index (χ4v) is 2.27. The molecule has 6 heteroatoms. The monoisotopic (exact) mass is 312 g/mol. The molecular weight excluding hydrogens is 300 g/mol. The third kappa shape index (κ3) is 2.44. The molecule has 96 valence electrons. The van der Waals surface area contributed by atoms with Crippen LogP contribution in [0.5, 0.6) is 11.5 Å². The maximum atomic E-state index is 5.35. The summed E-state index contributed by atoms with van der Waals surface area (Å²) < 4.78 is 16.9. The van der Waals surface area contributed by atoms with Crippen LogP contribution in [0.4, 0.5) is 0 Å². The SMILES string of the molecule is Brc1cc2c(cc1/C=N/N1CCOCC1)OCO2. The summed E-state index contributed by atoms with van der Waals surface area (Å²) >= 11 is 3.50. The van der Waals surface area contributed by atoms with E-state index in [1.54, 1.807) is 0 Å². The van der Waals surface area contributed by atoms with Gasteiger partial charge in [0.05, 0.1) is 32.5 Å². The van der Waals surface area contributed by atoms with Crippen LogP contribution in [0.3, 0.4) is 0 Å². The number of hydrogen-bond acceptors (Lipinski definition) is 5. The minimum atomic E-state index is 0.284. The summed E-state index contributed by atoms with van der Waals surface area (Å²) in [5, 5.41) is 6.44. The first-order valence-electron chi connectivity index (χ1n) is 5.79. The van der Waals surface area contributed by atoms with E-state index >= 15 is 0 Å². The summed E-state index contributed by atoms with van der Waals surface area (Å²) in [4.78, 5) is 0. The van der Waals surface area contributed by atoms with Gasteiger partial charge in [0.1, 0.15) is 0 Å².